The summed E-state index contributed by atoms with van der Waals surface area (Å²) in [7, 11) is 0. The van der Waals surface area contributed by atoms with Gasteiger partial charge in [0.1, 0.15) is 5.82 Å². The molecule has 3 heterocycles. The maximum Gasteiger partial charge on any atom is 0.255 e. The van der Waals surface area contributed by atoms with E-state index in [0.29, 0.717) is 18.7 Å². The second kappa shape index (κ2) is 7.37. The summed E-state index contributed by atoms with van der Waals surface area (Å²) in [4.78, 5) is 19.5. The second-order valence-corrected chi connectivity index (χ2v) is 7.69. The molecule has 2 aromatic carbocycles. The number of hydrogen-bond acceptors (Lipinski definition) is 3. The average Bonchev–Trinajstić information content (AvgIpc) is 3.16. The molecule has 1 unspecified atom stereocenters. The fraction of sp³-hybridized carbons (Fsp3) is 0.208. The van der Waals surface area contributed by atoms with Crippen LogP contribution >= 0.6 is 0 Å². The molecule has 150 valence electrons. The molecule has 0 spiro atoms. The Balaban J connectivity index is 1.42. The monoisotopic (exact) mass is 400 g/mol. The number of pyridine rings is 1. The highest BCUT2D eigenvalue weighted by Gasteiger charge is 2.29. The van der Waals surface area contributed by atoms with Crippen LogP contribution in [-0.2, 0) is 13.0 Å². The fourth-order valence-electron chi connectivity index (χ4n) is 4.19. The maximum atomic E-state index is 13.7. The van der Waals surface area contributed by atoms with Gasteiger partial charge in [0.05, 0.1) is 24.3 Å². The van der Waals surface area contributed by atoms with Crippen molar-refractivity contribution in [1.29, 1.82) is 0 Å². The predicted molar refractivity (Wildman–Crippen MR) is 113 cm³/mol. The molecule has 0 fully saturated rings. The molecule has 0 N–H and O–H groups in total. The van der Waals surface area contributed by atoms with E-state index < -0.39 is 0 Å². The summed E-state index contributed by atoms with van der Waals surface area (Å²) in [6.45, 7) is 3.17. The summed E-state index contributed by atoms with van der Waals surface area (Å²) in [6, 6.07) is 16.5. The van der Waals surface area contributed by atoms with Crippen LogP contribution in [0.1, 0.15) is 40.0 Å². The van der Waals surface area contributed by atoms with Gasteiger partial charge in [-0.3, -0.25) is 4.79 Å². The van der Waals surface area contributed by atoms with E-state index in [4.69, 9.17) is 0 Å². The molecule has 0 bridgehead atoms. The van der Waals surface area contributed by atoms with Crippen LogP contribution in [0.15, 0.2) is 67.0 Å². The second-order valence-electron chi connectivity index (χ2n) is 7.69. The number of amides is 1. The Bertz CT molecular complexity index is 1230. The number of hydrogen-bond donors (Lipinski definition) is 0. The van der Waals surface area contributed by atoms with Crippen LogP contribution in [0.3, 0.4) is 0 Å². The summed E-state index contributed by atoms with van der Waals surface area (Å²) in [5.74, 6) is -0.369. The van der Waals surface area contributed by atoms with Crippen LogP contribution in [0.2, 0.25) is 0 Å². The molecule has 0 radical (unpaired) electrons. The first-order chi connectivity index (χ1) is 14.6. The third-order valence-electron chi connectivity index (χ3n) is 5.81. The molecule has 5 nitrogen and oxygen atoms in total. The van der Waals surface area contributed by atoms with Gasteiger partial charge in [0.15, 0.2) is 5.65 Å². The molecule has 30 heavy (non-hydrogen) atoms. The standard InChI is InChI=1S/C24H21FN4O/c1-16-22-12-21(25)8-7-18(22)9-10-28(16)24(30)20-11-19-14-27-29(23(19)26-13-20)15-17-5-3-2-4-6-17/h2-8,11-14,16H,9-10,15H2,1H3. The van der Waals surface area contributed by atoms with E-state index in [1.54, 1.807) is 17.3 Å². The van der Waals surface area contributed by atoms with Crippen LogP contribution in [0.4, 0.5) is 4.39 Å². The third-order valence-corrected chi connectivity index (χ3v) is 5.81. The lowest BCUT2D eigenvalue weighted by molar-refractivity contribution is 0.0677. The van der Waals surface area contributed by atoms with E-state index in [9.17, 15) is 9.18 Å². The third kappa shape index (κ3) is 3.24. The van der Waals surface area contributed by atoms with Crippen LogP contribution in [0.5, 0.6) is 0 Å². The molecular formula is C24H21FN4O. The van der Waals surface area contributed by atoms with Crippen molar-refractivity contribution in [3.05, 3.63) is 95.1 Å². The normalized spacial score (nSPS) is 15.9. The van der Waals surface area contributed by atoms with Gasteiger partial charge in [-0.1, -0.05) is 36.4 Å². The minimum Gasteiger partial charge on any atom is -0.331 e. The van der Waals surface area contributed by atoms with Gasteiger partial charge in [-0.25, -0.2) is 14.1 Å². The number of nitrogens with zero attached hydrogens (tertiary/aromatic N) is 4. The van der Waals surface area contributed by atoms with Gasteiger partial charge in [0.2, 0.25) is 0 Å². The highest BCUT2D eigenvalue weighted by atomic mass is 19.1. The molecular weight excluding hydrogens is 379 g/mol. The molecule has 6 heteroatoms. The van der Waals surface area contributed by atoms with Gasteiger partial charge in [-0.2, -0.15) is 5.10 Å². The van der Waals surface area contributed by atoms with E-state index in [-0.39, 0.29) is 17.8 Å². The molecule has 1 atom stereocenters. The SMILES string of the molecule is CC1c2cc(F)ccc2CCN1C(=O)c1cnc2c(cnn2Cc2ccccc2)c1. The van der Waals surface area contributed by atoms with Gasteiger partial charge in [-0.15, -0.1) is 0 Å². The first-order valence-electron chi connectivity index (χ1n) is 10.0. The first-order valence-corrected chi connectivity index (χ1v) is 10.0. The van der Waals surface area contributed by atoms with Gasteiger partial charge in [0.25, 0.3) is 5.91 Å². The lowest BCUT2D eigenvalue weighted by Gasteiger charge is -2.35. The van der Waals surface area contributed by atoms with Crippen molar-refractivity contribution in [3.8, 4) is 0 Å². The number of benzene rings is 2. The molecule has 1 aliphatic heterocycles. The Hall–Kier alpha value is -3.54. The highest BCUT2D eigenvalue weighted by molar-refractivity contribution is 5.97. The molecule has 5 rings (SSSR count). The largest absolute Gasteiger partial charge is 0.331 e. The first kappa shape index (κ1) is 18.5. The maximum absolute atomic E-state index is 13.7. The summed E-state index contributed by atoms with van der Waals surface area (Å²) in [5.41, 5.74) is 4.38. The van der Waals surface area contributed by atoms with E-state index >= 15 is 0 Å². The average molecular weight is 400 g/mol. The molecule has 0 saturated carbocycles. The molecule has 1 aliphatic rings. The minimum absolute atomic E-state index is 0.0948. The molecule has 4 aromatic rings. The molecule has 1 amide bonds. The summed E-state index contributed by atoms with van der Waals surface area (Å²) in [5, 5.41) is 5.27. The van der Waals surface area contributed by atoms with Gasteiger partial charge in [0, 0.05) is 18.1 Å². The zero-order valence-electron chi connectivity index (χ0n) is 16.6. The van der Waals surface area contributed by atoms with Crippen molar-refractivity contribution < 1.29 is 9.18 Å². The number of halogens is 1. The highest BCUT2D eigenvalue weighted by Crippen LogP contribution is 2.31. The summed E-state index contributed by atoms with van der Waals surface area (Å²) in [6.07, 6.45) is 4.07. The van der Waals surface area contributed by atoms with Gasteiger partial charge >= 0.3 is 0 Å². The van der Waals surface area contributed by atoms with Crippen molar-refractivity contribution in [2.45, 2.75) is 25.9 Å². The van der Waals surface area contributed by atoms with Crippen LogP contribution in [-0.4, -0.2) is 32.1 Å². The topological polar surface area (TPSA) is 51.0 Å². The van der Waals surface area contributed by atoms with Crippen LogP contribution in [0, 0.1) is 5.82 Å². The Kier molecular flexibility index (Phi) is 4.54. The Labute approximate surface area is 173 Å². The molecule has 0 aliphatic carbocycles. The predicted octanol–water partition coefficient (Wildman–Crippen LogP) is 4.38. The van der Waals surface area contributed by atoms with E-state index in [1.807, 2.05) is 54.1 Å². The number of aromatic nitrogens is 3. The van der Waals surface area contributed by atoms with Gasteiger partial charge in [-0.05, 0) is 48.2 Å². The quantitative estimate of drug-likeness (QED) is 0.513. The van der Waals surface area contributed by atoms with Crippen molar-refractivity contribution in [1.82, 2.24) is 19.7 Å². The Morgan fingerprint density at radius 1 is 1.13 bits per heavy atom. The smallest absolute Gasteiger partial charge is 0.255 e. The van der Waals surface area contributed by atoms with E-state index in [2.05, 4.69) is 10.1 Å². The lowest BCUT2D eigenvalue weighted by atomic mass is 9.93. The number of fused-ring (bicyclic) bond motifs is 2. The van der Waals surface area contributed by atoms with Crippen molar-refractivity contribution in [2.24, 2.45) is 0 Å². The summed E-state index contributed by atoms with van der Waals surface area (Å²) < 4.78 is 15.6. The minimum atomic E-state index is -0.274. The van der Waals surface area contributed by atoms with E-state index in [0.717, 1.165) is 34.1 Å². The van der Waals surface area contributed by atoms with Crippen LogP contribution < -0.4 is 0 Å². The number of carbonyl (C=O) groups excluding carboxylic acids is 1. The van der Waals surface area contributed by atoms with Crippen molar-refractivity contribution in [3.63, 3.8) is 0 Å². The van der Waals surface area contributed by atoms with E-state index in [1.165, 1.54) is 12.1 Å². The number of carbonyl (C=O) groups is 1. The fourth-order valence-corrected chi connectivity index (χ4v) is 4.19. The number of rotatable bonds is 3. The van der Waals surface area contributed by atoms with Crippen molar-refractivity contribution >= 4 is 16.9 Å². The zero-order valence-corrected chi connectivity index (χ0v) is 16.6. The Morgan fingerprint density at radius 2 is 1.97 bits per heavy atom. The molecule has 0 saturated heterocycles. The van der Waals surface area contributed by atoms with Crippen molar-refractivity contribution in [2.75, 3.05) is 6.54 Å². The lowest BCUT2D eigenvalue weighted by Crippen LogP contribution is -2.39. The van der Waals surface area contributed by atoms with Gasteiger partial charge < -0.3 is 4.90 Å². The Morgan fingerprint density at radius 3 is 2.80 bits per heavy atom. The summed E-state index contributed by atoms with van der Waals surface area (Å²) >= 11 is 0. The van der Waals surface area contributed by atoms with Crippen LogP contribution in [0.25, 0.3) is 11.0 Å². The zero-order chi connectivity index (χ0) is 20.7. The molecule has 2 aromatic heterocycles.